The van der Waals surface area contributed by atoms with E-state index in [1.165, 1.54) is 0 Å². The fourth-order valence-electron chi connectivity index (χ4n) is 2.50. The van der Waals surface area contributed by atoms with Crippen molar-refractivity contribution in [2.45, 2.75) is 6.92 Å². The van der Waals surface area contributed by atoms with Crippen LogP contribution in [-0.2, 0) is 0 Å². The van der Waals surface area contributed by atoms with Crippen molar-refractivity contribution in [1.29, 1.82) is 0 Å². The molecular weight excluding hydrogens is 282 g/mol. The Balaban J connectivity index is 2.07. The molecule has 0 aliphatic heterocycles. The highest BCUT2D eigenvalue weighted by Crippen LogP contribution is 2.27. The molecule has 3 heteroatoms. The highest BCUT2D eigenvalue weighted by Gasteiger charge is 2.10. The van der Waals surface area contributed by atoms with Gasteiger partial charge in [-0.1, -0.05) is 55.1 Å². The molecule has 3 rings (SSSR count). The molecular formula is C20H17N3. The molecule has 0 aliphatic rings. The normalized spacial score (nSPS) is 10.1. The van der Waals surface area contributed by atoms with E-state index in [0.29, 0.717) is 0 Å². The SMILES string of the molecule is C=C=C(Nc1ncnc2ccccc12)c1ccccc1C(=C)C. The summed E-state index contributed by atoms with van der Waals surface area (Å²) in [6.07, 6.45) is 1.55. The quantitative estimate of drug-likeness (QED) is 0.696. The third-order valence-corrected chi connectivity index (χ3v) is 3.62. The number of rotatable bonds is 4. The minimum atomic E-state index is 0.735. The number of benzene rings is 2. The van der Waals surface area contributed by atoms with E-state index < -0.39 is 0 Å². The number of anilines is 1. The number of nitrogens with one attached hydrogen (secondary N) is 1. The number of hydrogen-bond acceptors (Lipinski definition) is 3. The Hall–Kier alpha value is -3.16. The van der Waals surface area contributed by atoms with Crippen molar-refractivity contribution in [3.8, 4) is 0 Å². The van der Waals surface area contributed by atoms with E-state index >= 15 is 0 Å². The fourth-order valence-corrected chi connectivity index (χ4v) is 2.50. The molecule has 1 N–H and O–H groups in total. The van der Waals surface area contributed by atoms with E-state index in [1.807, 2.05) is 55.5 Å². The monoisotopic (exact) mass is 299 g/mol. The number of nitrogens with zero attached hydrogens (tertiary/aromatic N) is 2. The van der Waals surface area contributed by atoms with Crippen LogP contribution in [0.3, 0.4) is 0 Å². The van der Waals surface area contributed by atoms with Gasteiger partial charge < -0.3 is 5.32 Å². The Morgan fingerprint density at radius 3 is 2.43 bits per heavy atom. The maximum absolute atomic E-state index is 4.36. The molecule has 1 heterocycles. The van der Waals surface area contributed by atoms with Crippen LogP contribution in [0.5, 0.6) is 0 Å². The molecule has 112 valence electrons. The van der Waals surface area contributed by atoms with Gasteiger partial charge in [-0.2, -0.15) is 0 Å². The summed E-state index contributed by atoms with van der Waals surface area (Å²) in [6.45, 7) is 9.85. The average molecular weight is 299 g/mol. The molecule has 3 nitrogen and oxygen atoms in total. The van der Waals surface area contributed by atoms with E-state index in [1.54, 1.807) is 6.33 Å². The minimum absolute atomic E-state index is 0.735. The van der Waals surface area contributed by atoms with Gasteiger partial charge in [-0.3, -0.25) is 0 Å². The standard InChI is InChI=1S/C20H17N3/c1-4-18(16-10-6-5-9-15(16)14(2)3)23-20-17-11-7-8-12-19(17)21-13-22-20/h5-13H,1-2H2,3H3,(H,21,22,23). The van der Waals surface area contributed by atoms with E-state index in [2.05, 4.69) is 34.2 Å². The van der Waals surface area contributed by atoms with E-state index in [0.717, 1.165) is 39.1 Å². The summed E-state index contributed by atoms with van der Waals surface area (Å²) >= 11 is 0. The first kappa shape index (κ1) is 14.8. The first-order valence-electron chi connectivity index (χ1n) is 7.33. The van der Waals surface area contributed by atoms with Crippen molar-refractivity contribution < 1.29 is 0 Å². The van der Waals surface area contributed by atoms with Gasteiger partial charge in [-0.25, -0.2) is 9.97 Å². The van der Waals surface area contributed by atoms with E-state index in [9.17, 15) is 0 Å². The van der Waals surface area contributed by atoms with Crippen molar-refractivity contribution in [3.05, 3.63) is 84.9 Å². The molecule has 0 unspecified atom stereocenters. The van der Waals surface area contributed by atoms with Crippen molar-refractivity contribution in [2.24, 2.45) is 0 Å². The molecule has 0 amide bonds. The summed E-state index contributed by atoms with van der Waals surface area (Å²) in [6, 6.07) is 15.9. The third kappa shape index (κ3) is 2.91. The largest absolute Gasteiger partial charge is 0.333 e. The molecule has 0 saturated heterocycles. The van der Waals surface area contributed by atoms with Gasteiger partial charge in [0.25, 0.3) is 0 Å². The van der Waals surface area contributed by atoms with Gasteiger partial charge in [0.05, 0.1) is 11.2 Å². The molecule has 23 heavy (non-hydrogen) atoms. The molecule has 0 aliphatic carbocycles. The summed E-state index contributed by atoms with van der Waals surface area (Å²) in [5, 5.41) is 4.29. The zero-order chi connectivity index (χ0) is 16.2. The maximum atomic E-state index is 4.36. The van der Waals surface area contributed by atoms with Crippen LogP contribution in [0.1, 0.15) is 18.1 Å². The lowest BCUT2D eigenvalue weighted by Gasteiger charge is -2.14. The Morgan fingerprint density at radius 1 is 1.00 bits per heavy atom. The highest BCUT2D eigenvalue weighted by atomic mass is 15.0. The van der Waals surface area contributed by atoms with Crippen molar-refractivity contribution in [1.82, 2.24) is 9.97 Å². The van der Waals surface area contributed by atoms with Crippen LogP contribution in [-0.4, -0.2) is 9.97 Å². The number of aromatic nitrogens is 2. The Bertz CT molecular complexity index is 929. The first-order valence-corrected chi connectivity index (χ1v) is 7.33. The van der Waals surface area contributed by atoms with Gasteiger partial charge in [0, 0.05) is 10.9 Å². The Labute approximate surface area is 135 Å². The molecule has 2 aromatic carbocycles. The molecule has 3 aromatic rings. The van der Waals surface area contributed by atoms with Crippen molar-refractivity contribution in [3.63, 3.8) is 0 Å². The Kier molecular flexibility index (Phi) is 4.05. The van der Waals surface area contributed by atoms with Crippen LogP contribution in [0.4, 0.5) is 5.82 Å². The molecule has 0 atom stereocenters. The molecule has 0 fully saturated rings. The first-order chi connectivity index (χ1) is 11.2. The summed E-state index contributed by atoms with van der Waals surface area (Å²) in [5.74, 6) is 0.735. The van der Waals surface area contributed by atoms with Crippen molar-refractivity contribution >= 4 is 28.0 Å². The molecule has 0 radical (unpaired) electrons. The van der Waals surface area contributed by atoms with Gasteiger partial charge in [-0.15, -0.1) is 5.73 Å². The smallest absolute Gasteiger partial charge is 0.142 e. The molecule has 0 bridgehead atoms. The van der Waals surface area contributed by atoms with Gasteiger partial charge >= 0.3 is 0 Å². The number of allylic oxidation sites excluding steroid dienone is 1. The second kappa shape index (κ2) is 6.30. The van der Waals surface area contributed by atoms with Crippen LogP contribution in [0.2, 0.25) is 0 Å². The summed E-state index contributed by atoms with van der Waals surface area (Å²) in [5.41, 5.74) is 7.69. The topological polar surface area (TPSA) is 37.8 Å². The van der Waals surface area contributed by atoms with Crippen molar-refractivity contribution in [2.75, 3.05) is 5.32 Å². The fraction of sp³-hybridized carbons (Fsp3) is 0.0500. The van der Waals surface area contributed by atoms with Gasteiger partial charge in [-0.05, 0) is 24.6 Å². The van der Waals surface area contributed by atoms with Gasteiger partial charge in [0.15, 0.2) is 0 Å². The highest BCUT2D eigenvalue weighted by molar-refractivity contribution is 5.93. The lowest BCUT2D eigenvalue weighted by Crippen LogP contribution is -2.03. The lowest BCUT2D eigenvalue weighted by atomic mass is 9.99. The average Bonchev–Trinajstić information content (AvgIpc) is 2.59. The van der Waals surface area contributed by atoms with Crippen LogP contribution >= 0.6 is 0 Å². The molecule has 1 aromatic heterocycles. The Morgan fingerprint density at radius 2 is 1.70 bits per heavy atom. The summed E-state index contributed by atoms with van der Waals surface area (Å²) in [4.78, 5) is 8.64. The van der Waals surface area contributed by atoms with Crippen LogP contribution in [0.15, 0.2) is 73.7 Å². The van der Waals surface area contributed by atoms with Crippen LogP contribution in [0, 0.1) is 0 Å². The second-order valence-electron chi connectivity index (χ2n) is 5.24. The zero-order valence-corrected chi connectivity index (χ0v) is 13.0. The van der Waals surface area contributed by atoms with Gasteiger partial charge in [0.2, 0.25) is 0 Å². The number of para-hydroxylation sites is 1. The third-order valence-electron chi connectivity index (χ3n) is 3.62. The predicted molar refractivity (Wildman–Crippen MR) is 96.9 cm³/mol. The van der Waals surface area contributed by atoms with E-state index in [4.69, 9.17) is 0 Å². The van der Waals surface area contributed by atoms with Crippen LogP contribution < -0.4 is 5.32 Å². The maximum Gasteiger partial charge on any atom is 0.142 e. The molecule has 0 spiro atoms. The number of hydrogen-bond donors (Lipinski definition) is 1. The lowest BCUT2D eigenvalue weighted by molar-refractivity contribution is 1.22. The summed E-state index contributed by atoms with van der Waals surface area (Å²) in [7, 11) is 0. The minimum Gasteiger partial charge on any atom is -0.333 e. The van der Waals surface area contributed by atoms with Crippen LogP contribution in [0.25, 0.3) is 22.2 Å². The zero-order valence-electron chi connectivity index (χ0n) is 13.0. The summed E-state index contributed by atoms with van der Waals surface area (Å²) < 4.78 is 0. The predicted octanol–water partition coefficient (Wildman–Crippen LogP) is 4.90. The molecule has 0 saturated carbocycles. The van der Waals surface area contributed by atoms with E-state index in [-0.39, 0.29) is 0 Å². The number of fused-ring (bicyclic) bond motifs is 1. The second-order valence-corrected chi connectivity index (χ2v) is 5.24. The van der Waals surface area contributed by atoms with Gasteiger partial charge in [0.1, 0.15) is 12.1 Å².